The van der Waals surface area contributed by atoms with Gasteiger partial charge in [0.05, 0.1) is 21.3 Å². The Bertz CT molecular complexity index is 568. The normalized spacial score (nSPS) is 25.7. The minimum atomic E-state index is -0.0979. The molecule has 0 spiro atoms. The summed E-state index contributed by atoms with van der Waals surface area (Å²) in [5.74, 6) is 1.38. The second kappa shape index (κ2) is 7.30. The number of benzene rings is 1. The lowest BCUT2D eigenvalue weighted by Crippen LogP contribution is -2.54. The molecule has 6 nitrogen and oxygen atoms in total. The minimum Gasteiger partial charge on any atom is -0.493 e. The third-order valence-corrected chi connectivity index (χ3v) is 4.98. The highest BCUT2D eigenvalue weighted by atomic mass is 16.5. The van der Waals surface area contributed by atoms with Crippen LogP contribution in [0.2, 0.25) is 0 Å². The van der Waals surface area contributed by atoms with Crippen LogP contribution < -0.4 is 24.8 Å². The van der Waals surface area contributed by atoms with Crippen LogP contribution in [-0.4, -0.2) is 45.4 Å². The van der Waals surface area contributed by atoms with Gasteiger partial charge in [-0.15, -0.1) is 0 Å². The second-order valence-electron chi connectivity index (χ2n) is 6.55. The van der Waals surface area contributed by atoms with E-state index >= 15 is 0 Å². The topological polar surface area (TPSA) is 68.8 Å². The molecule has 2 atom stereocenters. The largest absolute Gasteiger partial charge is 0.493 e. The molecule has 1 aromatic carbocycles. The molecule has 2 aliphatic rings. The zero-order valence-electron chi connectivity index (χ0n) is 14.6. The van der Waals surface area contributed by atoms with E-state index in [0.29, 0.717) is 34.9 Å². The lowest BCUT2D eigenvalue weighted by atomic mass is 9.84. The van der Waals surface area contributed by atoms with Crippen molar-refractivity contribution in [2.75, 3.05) is 21.3 Å². The van der Waals surface area contributed by atoms with Gasteiger partial charge in [0.1, 0.15) is 0 Å². The van der Waals surface area contributed by atoms with Gasteiger partial charge in [0.15, 0.2) is 11.5 Å². The fourth-order valence-electron chi connectivity index (χ4n) is 3.86. The molecule has 3 rings (SSSR count). The van der Waals surface area contributed by atoms with Crippen molar-refractivity contribution in [1.82, 2.24) is 10.6 Å². The highest BCUT2D eigenvalue weighted by molar-refractivity contribution is 5.95. The summed E-state index contributed by atoms with van der Waals surface area (Å²) in [6.07, 6.45) is 5.68. The van der Waals surface area contributed by atoms with E-state index in [1.54, 1.807) is 33.5 Å². The molecule has 24 heavy (non-hydrogen) atoms. The van der Waals surface area contributed by atoms with Gasteiger partial charge in [-0.2, -0.15) is 0 Å². The molecule has 0 radical (unpaired) electrons. The van der Waals surface area contributed by atoms with Gasteiger partial charge in [-0.05, 0) is 37.8 Å². The first-order valence-corrected chi connectivity index (χ1v) is 8.51. The van der Waals surface area contributed by atoms with Crippen LogP contribution in [0.25, 0.3) is 0 Å². The highest BCUT2D eigenvalue weighted by Gasteiger charge is 2.32. The molecule has 0 saturated carbocycles. The summed E-state index contributed by atoms with van der Waals surface area (Å²) >= 11 is 0. The van der Waals surface area contributed by atoms with Crippen LogP contribution in [0.3, 0.4) is 0 Å². The number of rotatable bonds is 5. The monoisotopic (exact) mass is 334 g/mol. The third-order valence-electron chi connectivity index (χ3n) is 4.98. The fourth-order valence-corrected chi connectivity index (χ4v) is 3.86. The molecule has 2 bridgehead atoms. The Balaban J connectivity index is 1.75. The Morgan fingerprint density at radius 3 is 2.12 bits per heavy atom. The van der Waals surface area contributed by atoms with Crippen LogP contribution in [0.5, 0.6) is 17.2 Å². The standard InChI is InChI=1S/C18H26N2O4/c1-22-15-7-11(8-16(23-2)17(15)24-3)18(21)20-14-9-12-5-4-6-13(10-14)19-12/h7-8,12-14,19H,4-6,9-10H2,1-3H3,(H,20,21)/t12-,13-/m0/s1. The zero-order valence-corrected chi connectivity index (χ0v) is 14.6. The van der Waals surface area contributed by atoms with Crippen LogP contribution in [0.15, 0.2) is 12.1 Å². The number of carbonyl (C=O) groups is 1. The molecule has 0 unspecified atom stereocenters. The summed E-state index contributed by atoms with van der Waals surface area (Å²) in [4.78, 5) is 12.7. The van der Waals surface area contributed by atoms with Gasteiger partial charge >= 0.3 is 0 Å². The molecule has 2 aliphatic heterocycles. The molecule has 6 heteroatoms. The van der Waals surface area contributed by atoms with Crippen molar-refractivity contribution < 1.29 is 19.0 Å². The molecule has 1 amide bonds. The van der Waals surface area contributed by atoms with E-state index in [1.807, 2.05) is 0 Å². The number of hydrogen-bond donors (Lipinski definition) is 2. The third kappa shape index (κ3) is 3.43. The first kappa shape index (κ1) is 16.9. The first-order valence-electron chi connectivity index (χ1n) is 8.51. The number of hydrogen-bond acceptors (Lipinski definition) is 5. The van der Waals surface area contributed by atoms with E-state index in [-0.39, 0.29) is 11.9 Å². The molecule has 2 saturated heterocycles. The number of nitrogens with one attached hydrogen (secondary N) is 2. The van der Waals surface area contributed by atoms with Crippen molar-refractivity contribution in [3.05, 3.63) is 17.7 Å². The average molecular weight is 334 g/mol. The number of fused-ring (bicyclic) bond motifs is 2. The van der Waals surface area contributed by atoms with E-state index in [9.17, 15) is 4.79 Å². The van der Waals surface area contributed by atoms with Gasteiger partial charge in [0.2, 0.25) is 5.75 Å². The SMILES string of the molecule is COc1cc(C(=O)NC2C[C@@H]3CCC[C@@H](C2)N3)cc(OC)c1OC. The highest BCUT2D eigenvalue weighted by Crippen LogP contribution is 2.38. The van der Waals surface area contributed by atoms with Crippen LogP contribution in [-0.2, 0) is 0 Å². The van der Waals surface area contributed by atoms with Gasteiger partial charge in [-0.25, -0.2) is 0 Å². The first-order chi connectivity index (χ1) is 11.6. The van der Waals surface area contributed by atoms with Crippen LogP contribution >= 0.6 is 0 Å². The second-order valence-corrected chi connectivity index (χ2v) is 6.55. The summed E-state index contributed by atoms with van der Waals surface area (Å²) in [7, 11) is 4.65. The predicted molar refractivity (Wildman–Crippen MR) is 91.1 cm³/mol. The lowest BCUT2D eigenvalue weighted by Gasteiger charge is -2.40. The summed E-state index contributed by atoms with van der Waals surface area (Å²) in [5.41, 5.74) is 0.521. The number of carbonyl (C=O) groups excluding carboxylic acids is 1. The zero-order chi connectivity index (χ0) is 17.1. The van der Waals surface area contributed by atoms with Gasteiger partial charge in [-0.3, -0.25) is 4.79 Å². The molecular weight excluding hydrogens is 308 g/mol. The molecule has 2 N–H and O–H groups in total. The maximum absolute atomic E-state index is 12.7. The molecule has 0 aliphatic carbocycles. The molecule has 132 valence electrons. The smallest absolute Gasteiger partial charge is 0.251 e. The summed E-state index contributed by atoms with van der Waals surface area (Å²) in [6, 6.07) is 4.66. The van der Waals surface area contributed by atoms with Crippen molar-refractivity contribution in [2.45, 2.75) is 50.2 Å². The van der Waals surface area contributed by atoms with E-state index in [0.717, 1.165) is 12.8 Å². The van der Waals surface area contributed by atoms with Crippen molar-refractivity contribution in [3.8, 4) is 17.2 Å². The Kier molecular flexibility index (Phi) is 5.14. The van der Waals surface area contributed by atoms with Crippen molar-refractivity contribution in [3.63, 3.8) is 0 Å². The van der Waals surface area contributed by atoms with E-state index < -0.39 is 0 Å². The maximum atomic E-state index is 12.7. The number of ether oxygens (including phenoxy) is 3. The number of amides is 1. The number of methoxy groups -OCH3 is 3. The van der Waals surface area contributed by atoms with Crippen molar-refractivity contribution in [1.29, 1.82) is 0 Å². The van der Waals surface area contributed by atoms with Crippen LogP contribution in [0.1, 0.15) is 42.5 Å². The quantitative estimate of drug-likeness (QED) is 0.863. The van der Waals surface area contributed by atoms with E-state index in [2.05, 4.69) is 10.6 Å². The van der Waals surface area contributed by atoms with Crippen molar-refractivity contribution in [2.24, 2.45) is 0 Å². The maximum Gasteiger partial charge on any atom is 0.251 e. The number of piperidine rings is 2. The Morgan fingerprint density at radius 1 is 1.04 bits per heavy atom. The lowest BCUT2D eigenvalue weighted by molar-refractivity contribution is 0.0906. The molecular formula is C18H26N2O4. The predicted octanol–water partition coefficient (Wildman–Crippen LogP) is 2.12. The molecule has 2 fully saturated rings. The fraction of sp³-hybridized carbons (Fsp3) is 0.611. The summed E-state index contributed by atoms with van der Waals surface area (Å²) in [5, 5.41) is 6.81. The van der Waals surface area contributed by atoms with Gasteiger partial charge in [0, 0.05) is 23.7 Å². The van der Waals surface area contributed by atoms with Gasteiger partial charge in [0.25, 0.3) is 5.91 Å². The molecule has 0 aromatic heterocycles. The summed E-state index contributed by atoms with van der Waals surface area (Å²) < 4.78 is 16.0. The van der Waals surface area contributed by atoms with Crippen LogP contribution in [0.4, 0.5) is 0 Å². The van der Waals surface area contributed by atoms with E-state index in [4.69, 9.17) is 14.2 Å². The van der Waals surface area contributed by atoms with E-state index in [1.165, 1.54) is 19.3 Å². The Morgan fingerprint density at radius 2 is 1.62 bits per heavy atom. The summed E-state index contributed by atoms with van der Waals surface area (Å²) in [6.45, 7) is 0. The average Bonchev–Trinajstić information content (AvgIpc) is 2.59. The molecule has 2 heterocycles. The molecule has 1 aromatic rings. The minimum absolute atomic E-state index is 0.0979. The Hall–Kier alpha value is -1.95. The van der Waals surface area contributed by atoms with Gasteiger partial charge < -0.3 is 24.8 Å². The Labute approximate surface area is 142 Å². The van der Waals surface area contributed by atoms with Gasteiger partial charge in [-0.1, -0.05) is 6.42 Å². The van der Waals surface area contributed by atoms with Crippen molar-refractivity contribution >= 4 is 5.91 Å². The van der Waals surface area contributed by atoms with Crippen LogP contribution in [0, 0.1) is 0 Å².